The van der Waals surface area contributed by atoms with Gasteiger partial charge in [-0.1, -0.05) is 0 Å². The van der Waals surface area contributed by atoms with Crippen LogP contribution in [-0.4, -0.2) is 21.5 Å². The lowest BCUT2D eigenvalue weighted by molar-refractivity contribution is -0.120. The minimum absolute atomic E-state index is 0.241. The number of pyridine rings is 1. The van der Waals surface area contributed by atoms with E-state index in [1.165, 1.54) is 22.7 Å². The molecule has 0 aromatic carbocycles. The molecule has 0 saturated carbocycles. The summed E-state index contributed by atoms with van der Waals surface area (Å²) in [7, 11) is 0. The summed E-state index contributed by atoms with van der Waals surface area (Å²) in [6.07, 6.45) is -0.359. The maximum absolute atomic E-state index is 13.0. The van der Waals surface area contributed by atoms with Gasteiger partial charge in [-0.05, 0) is 26.0 Å². The number of aromatic nitrogens is 2. The van der Waals surface area contributed by atoms with Crippen LogP contribution in [0.4, 0.5) is 14.6 Å². The second kappa shape index (κ2) is 4.12. The van der Waals surface area contributed by atoms with Gasteiger partial charge >= 0.3 is 0 Å². The van der Waals surface area contributed by atoms with Crippen molar-refractivity contribution in [2.45, 2.75) is 20.0 Å². The summed E-state index contributed by atoms with van der Waals surface area (Å²) in [4.78, 5) is 15.3. The third-order valence-corrected chi connectivity index (χ3v) is 2.42. The molecule has 17 heavy (non-hydrogen) atoms. The topological polar surface area (TPSA) is 46.4 Å². The standard InChI is InChI=1S/C11H11F2N3O/c1-6(12)11(17)15-10-7(2)16-5-8(13)3-4-9(16)14-10/h3-6H,1-2H3,(H,15,17). The molecule has 2 rings (SSSR count). The number of anilines is 1. The van der Waals surface area contributed by atoms with E-state index in [1.807, 2.05) is 0 Å². The van der Waals surface area contributed by atoms with E-state index < -0.39 is 17.9 Å². The van der Waals surface area contributed by atoms with Crippen LogP contribution in [0, 0.1) is 12.7 Å². The van der Waals surface area contributed by atoms with E-state index >= 15 is 0 Å². The summed E-state index contributed by atoms with van der Waals surface area (Å²) in [6, 6.07) is 2.75. The summed E-state index contributed by atoms with van der Waals surface area (Å²) in [5.74, 6) is -0.934. The number of imidazole rings is 1. The molecular weight excluding hydrogens is 228 g/mol. The van der Waals surface area contributed by atoms with Gasteiger partial charge in [0, 0.05) is 6.20 Å². The third-order valence-electron chi connectivity index (χ3n) is 2.42. The van der Waals surface area contributed by atoms with Gasteiger partial charge in [0.05, 0.1) is 5.69 Å². The number of hydrogen-bond donors (Lipinski definition) is 1. The lowest BCUT2D eigenvalue weighted by atomic mass is 10.4. The molecule has 2 aromatic rings. The van der Waals surface area contributed by atoms with E-state index in [0.717, 1.165) is 6.92 Å². The van der Waals surface area contributed by atoms with Gasteiger partial charge < -0.3 is 5.32 Å². The number of aryl methyl sites for hydroxylation is 1. The van der Waals surface area contributed by atoms with E-state index in [-0.39, 0.29) is 5.82 Å². The van der Waals surface area contributed by atoms with Crippen molar-refractivity contribution in [3.05, 3.63) is 29.8 Å². The average Bonchev–Trinajstić information content (AvgIpc) is 2.56. The Kier molecular flexibility index (Phi) is 2.79. The minimum Gasteiger partial charge on any atom is -0.307 e. The highest BCUT2D eigenvalue weighted by Gasteiger charge is 2.15. The Morgan fingerprint density at radius 2 is 2.24 bits per heavy atom. The molecule has 0 aliphatic carbocycles. The van der Waals surface area contributed by atoms with Crippen LogP contribution >= 0.6 is 0 Å². The Balaban J connectivity index is 2.42. The van der Waals surface area contributed by atoms with E-state index in [2.05, 4.69) is 10.3 Å². The number of nitrogens with zero attached hydrogens (tertiary/aromatic N) is 2. The number of carbonyl (C=O) groups excluding carboxylic acids is 1. The predicted molar refractivity (Wildman–Crippen MR) is 59.1 cm³/mol. The molecule has 1 unspecified atom stereocenters. The molecule has 0 aliphatic heterocycles. The van der Waals surface area contributed by atoms with Crippen molar-refractivity contribution >= 4 is 17.4 Å². The van der Waals surface area contributed by atoms with Gasteiger partial charge in [-0.15, -0.1) is 0 Å². The lowest BCUT2D eigenvalue weighted by Crippen LogP contribution is -2.21. The van der Waals surface area contributed by atoms with Crippen LogP contribution in [0.3, 0.4) is 0 Å². The summed E-state index contributed by atoms with van der Waals surface area (Å²) < 4.78 is 27.2. The van der Waals surface area contributed by atoms with Crippen molar-refractivity contribution in [1.82, 2.24) is 9.38 Å². The maximum Gasteiger partial charge on any atom is 0.259 e. The molecule has 2 aromatic heterocycles. The van der Waals surface area contributed by atoms with Crippen molar-refractivity contribution in [2.75, 3.05) is 5.32 Å². The number of alkyl halides is 1. The van der Waals surface area contributed by atoms with Crippen LogP contribution in [0.15, 0.2) is 18.3 Å². The molecule has 4 nitrogen and oxygen atoms in total. The molecule has 0 radical (unpaired) electrons. The van der Waals surface area contributed by atoms with Gasteiger partial charge in [-0.25, -0.2) is 13.8 Å². The summed E-state index contributed by atoms with van der Waals surface area (Å²) >= 11 is 0. The van der Waals surface area contributed by atoms with Gasteiger partial charge in [0.2, 0.25) is 0 Å². The Labute approximate surface area is 96.3 Å². The third kappa shape index (κ3) is 2.11. The fourth-order valence-electron chi connectivity index (χ4n) is 1.47. The normalized spacial score (nSPS) is 12.7. The molecule has 1 atom stereocenters. The second-order valence-corrected chi connectivity index (χ2v) is 3.73. The Bertz CT molecular complexity index is 577. The van der Waals surface area contributed by atoms with Gasteiger partial charge in [0.15, 0.2) is 12.0 Å². The Morgan fingerprint density at radius 1 is 1.53 bits per heavy atom. The van der Waals surface area contributed by atoms with Crippen molar-refractivity contribution in [3.63, 3.8) is 0 Å². The molecule has 0 aliphatic rings. The van der Waals surface area contributed by atoms with Crippen LogP contribution in [0.25, 0.3) is 5.65 Å². The number of nitrogens with one attached hydrogen (secondary N) is 1. The van der Waals surface area contributed by atoms with E-state index in [1.54, 1.807) is 6.92 Å². The molecule has 0 saturated heterocycles. The van der Waals surface area contributed by atoms with Crippen molar-refractivity contribution in [2.24, 2.45) is 0 Å². The molecule has 1 N–H and O–H groups in total. The largest absolute Gasteiger partial charge is 0.307 e. The number of amides is 1. The first kappa shape index (κ1) is 11.5. The van der Waals surface area contributed by atoms with E-state index in [0.29, 0.717) is 11.3 Å². The highest BCUT2D eigenvalue weighted by Crippen LogP contribution is 2.17. The molecule has 2 heterocycles. The Morgan fingerprint density at radius 3 is 2.88 bits per heavy atom. The summed E-state index contributed by atoms with van der Waals surface area (Å²) in [5, 5.41) is 2.35. The zero-order valence-electron chi connectivity index (χ0n) is 9.37. The van der Waals surface area contributed by atoms with Crippen molar-refractivity contribution in [3.8, 4) is 0 Å². The fraction of sp³-hybridized carbons (Fsp3) is 0.273. The molecule has 0 bridgehead atoms. The molecule has 1 amide bonds. The average molecular weight is 239 g/mol. The predicted octanol–water partition coefficient (Wildman–Crippen LogP) is 2.08. The van der Waals surface area contributed by atoms with Crippen molar-refractivity contribution in [1.29, 1.82) is 0 Å². The molecule has 0 fully saturated rings. The van der Waals surface area contributed by atoms with Crippen LogP contribution in [0.1, 0.15) is 12.6 Å². The van der Waals surface area contributed by atoms with Crippen molar-refractivity contribution < 1.29 is 13.6 Å². The first-order chi connectivity index (χ1) is 7.99. The zero-order valence-corrected chi connectivity index (χ0v) is 9.37. The second-order valence-electron chi connectivity index (χ2n) is 3.73. The van der Waals surface area contributed by atoms with Crippen LogP contribution < -0.4 is 5.32 Å². The number of hydrogen-bond acceptors (Lipinski definition) is 2. The molecular formula is C11H11F2N3O. The number of rotatable bonds is 2. The smallest absolute Gasteiger partial charge is 0.259 e. The zero-order chi connectivity index (χ0) is 12.6. The maximum atomic E-state index is 13.0. The quantitative estimate of drug-likeness (QED) is 0.872. The minimum atomic E-state index is -1.61. The van der Waals surface area contributed by atoms with E-state index in [9.17, 15) is 13.6 Å². The molecule has 6 heteroatoms. The first-order valence-corrected chi connectivity index (χ1v) is 5.08. The SMILES string of the molecule is Cc1c(NC(=O)C(C)F)nc2ccc(F)cn12. The Hall–Kier alpha value is -1.98. The number of halogens is 2. The van der Waals surface area contributed by atoms with Gasteiger partial charge in [-0.3, -0.25) is 9.20 Å². The molecule has 90 valence electrons. The lowest BCUT2D eigenvalue weighted by Gasteiger charge is -2.03. The van der Waals surface area contributed by atoms with Gasteiger partial charge in [0.25, 0.3) is 5.91 Å². The van der Waals surface area contributed by atoms with Gasteiger partial charge in [0.1, 0.15) is 11.5 Å². The summed E-state index contributed by atoms with van der Waals surface area (Å²) in [6.45, 7) is 2.80. The number of fused-ring (bicyclic) bond motifs is 1. The van der Waals surface area contributed by atoms with Crippen LogP contribution in [0.2, 0.25) is 0 Å². The molecule has 0 spiro atoms. The number of carbonyl (C=O) groups is 1. The summed E-state index contributed by atoms with van der Waals surface area (Å²) in [5.41, 5.74) is 1.04. The van der Waals surface area contributed by atoms with Gasteiger partial charge in [-0.2, -0.15) is 0 Å². The fourth-order valence-corrected chi connectivity index (χ4v) is 1.47. The monoisotopic (exact) mass is 239 g/mol. The highest BCUT2D eigenvalue weighted by molar-refractivity contribution is 5.93. The van der Waals surface area contributed by atoms with E-state index in [4.69, 9.17) is 0 Å². The van der Waals surface area contributed by atoms with Crippen LogP contribution in [-0.2, 0) is 4.79 Å². The first-order valence-electron chi connectivity index (χ1n) is 5.08. The van der Waals surface area contributed by atoms with Crippen LogP contribution in [0.5, 0.6) is 0 Å². The highest BCUT2D eigenvalue weighted by atomic mass is 19.1.